The zero-order valence-corrected chi connectivity index (χ0v) is 14.4. The number of carbonyl (C=O) groups excluding carboxylic acids is 1. The van der Waals surface area contributed by atoms with Crippen LogP contribution >= 0.6 is 0 Å². The van der Waals surface area contributed by atoms with Gasteiger partial charge in [0.05, 0.1) is 28.5 Å². The highest BCUT2D eigenvalue weighted by molar-refractivity contribution is 7.92. The van der Waals surface area contributed by atoms with Crippen molar-refractivity contribution in [1.82, 2.24) is 15.1 Å². The van der Waals surface area contributed by atoms with Crippen molar-refractivity contribution in [2.45, 2.75) is 24.5 Å². The predicted molar refractivity (Wildman–Crippen MR) is 91.6 cm³/mol. The van der Waals surface area contributed by atoms with Crippen molar-refractivity contribution < 1.29 is 13.2 Å². The van der Waals surface area contributed by atoms with Gasteiger partial charge in [-0.1, -0.05) is 30.3 Å². The Labute approximate surface area is 141 Å². The Morgan fingerprint density at radius 1 is 1.33 bits per heavy atom. The standard InChI is InChI=1S/C17H21N3O3S/c1-20(12-14-8-5-9-24(14,22)23)17(21)15-11-18-19-16(15)10-13-6-3-2-4-7-13/h2-4,6-7,11,14H,5,8-10,12H2,1H3,(H,18,19). The fourth-order valence-electron chi connectivity index (χ4n) is 3.09. The smallest absolute Gasteiger partial charge is 0.257 e. The molecule has 1 unspecified atom stereocenters. The molecule has 1 fully saturated rings. The third-order valence-electron chi connectivity index (χ3n) is 4.46. The summed E-state index contributed by atoms with van der Waals surface area (Å²) >= 11 is 0. The van der Waals surface area contributed by atoms with Crippen molar-refractivity contribution in [3.8, 4) is 0 Å². The summed E-state index contributed by atoms with van der Waals surface area (Å²) in [4.78, 5) is 14.2. The molecule has 1 N–H and O–H groups in total. The van der Waals surface area contributed by atoms with Gasteiger partial charge in [0.2, 0.25) is 0 Å². The minimum Gasteiger partial charge on any atom is -0.340 e. The molecule has 1 aromatic heterocycles. The van der Waals surface area contributed by atoms with Gasteiger partial charge in [-0.15, -0.1) is 0 Å². The largest absolute Gasteiger partial charge is 0.340 e. The molecule has 3 rings (SSSR count). The molecule has 1 atom stereocenters. The molecule has 1 aliphatic heterocycles. The van der Waals surface area contributed by atoms with E-state index in [0.29, 0.717) is 24.8 Å². The Kier molecular flexibility index (Phi) is 4.71. The average Bonchev–Trinajstić information content (AvgIpc) is 3.14. The number of aromatic amines is 1. The molecular weight excluding hydrogens is 326 g/mol. The predicted octanol–water partition coefficient (Wildman–Crippen LogP) is 1.65. The van der Waals surface area contributed by atoms with E-state index in [0.717, 1.165) is 11.3 Å². The number of carbonyl (C=O) groups is 1. The monoisotopic (exact) mass is 347 g/mol. The highest BCUT2D eigenvalue weighted by atomic mass is 32.2. The number of hydrogen-bond donors (Lipinski definition) is 1. The van der Waals surface area contributed by atoms with Crippen LogP contribution in [0, 0.1) is 0 Å². The van der Waals surface area contributed by atoms with Crippen LogP contribution in [0.25, 0.3) is 0 Å². The average molecular weight is 347 g/mol. The van der Waals surface area contributed by atoms with E-state index in [-0.39, 0.29) is 18.2 Å². The normalized spacial score (nSPS) is 19.3. The number of hydrogen-bond acceptors (Lipinski definition) is 4. The summed E-state index contributed by atoms with van der Waals surface area (Å²) in [6.45, 7) is 0.233. The van der Waals surface area contributed by atoms with Crippen molar-refractivity contribution in [2.75, 3.05) is 19.3 Å². The molecule has 1 saturated heterocycles. The summed E-state index contributed by atoms with van der Waals surface area (Å²) in [7, 11) is -1.41. The van der Waals surface area contributed by atoms with Crippen LogP contribution in [0.15, 0.2) is 36.5 Å². The molecule has 0 saturated carbocycles. The highest BCUT2D eigenvalue weighted by Crippen LogP contribution is 2.21. The lowest BCUT2D eigenvalue weighted by Gasteiger charge is -2.20. The van der Waals surface area contributed by atoms with E-state index >= 15 is 0 Å². The van der Waals surface area contributed by atoms with Crippen molar-refractivity contribution in [2.24, 2.45) is 0 Å². The summed E-state index contributed by atoms with van der Waals surface area (Å²) < 4.78 is 23.9. The summed E-state index contributed by atoms with van der Waals surface area (Å²) in [6, 6.07) is 9.82. The van der Waals surface area contributed by atoms with Crippen molar-refractivity contribution in [1.29, 1.82) is 0 Å². The quantitative estimate of drug-likeness (QED) is 0.891. The van der Waals surface area contributed by atoms with Crippen molar-refractivity contribution >= 4 is 15.7 Å². The fourth-order valence-corrected chi connectivity index (χ4v) is 4.97. The van der Waals surface area contributed by atoms with Crippen LogP contribution < -0.4 is 0 Å². The van der Waals surface area contributed by atoms with Crippen molar-refractivity contribution in [3.05, 3.63) is 53.3 Å². The minimum atomic E-state index is -3.06. The van der Waals surface area contributed by atoms with Gasteiger partial charge in [-0.3, -0.25) is 9.89 Å². The Hall–Kier alpha value is -2.15. The fraction of sp³-hybridized carbons (Fsp3) is 0.412. The molecule has 1 amide bonds. The van der Waals surface area contributed by atoms with Gasteiger partial charge in [-0.05, 0) is 18.4 Å². The Morgan fingerprint density at radius 2 is 2.08 bits per heavy atom. The molecule has 24 heavy (non-hydrogen) atoms. The van der Waals surface area contributed by atoms with E-state index in [4.69, 9.17) is 0 Å². The minimum absolute atomic E-state index is 0.197. The molecule has 7 heteroatoms. The van der Waals surface area contributed by atoms with E-state index in [1.165, 1.54) is 11.1 Å². The summed E-state index contributed by atoms with van der Waals surface area (Å²) in [5.74, 6) is 0.0294. The molecule has 0 radical (unpaired) electrons. The number of rotatable bonds is 5. The maximum Gasteiger partial charge on any atom is 0.257 e. The van der Waals surface area contributed by atoms with Crippen LogP contribution in [0.2, 0.25) is 0 Å². The number of aromatic nitrogens is 2. The topological polar surface area (TPSA) is 83.1 Å². The molecular formula is C17H21N3O3S. The Balaban J connectivity index is 1.72. The second kappa shape index (κ2) is 6.76. The lowest BCUT2D eigenvalue weighted by atomic mass is 10.1. The number of benzene rings is 1. The molecule has 6 nitrogen and oxygen atoms in total. The first-order valence-corrected chi connectivity index (χ1v) is 9.72. The third kappa shape index (κ3) is 3.51. The molecule has 2 heterocycles. The molecule has 0 spiro atoms. The van der Waals surface area contributed by atoms with Gasteiger partial charge in [0, 0.05) is 20.0 Å². The van der Waals surface area contributed by atoms with Gasteiger partial charge in [-0.2, -0.15) is 5.10 Å². The first-order valence-electron chi connectivity index (χ1n) is 8.00. The van der Waals surface area contributed by atoms with Crippen LogP contribution in [-0.2, 0) is 16.3 Å². The second-order valence-electron chi connectivity index (χ2n) is 6.24. The van der Waals surface area contributed by atoms with Crippen LogP contribution in [-0.4, -0.2) is 54.0 Å². The van der Waals surface area contributed by atoms with E-state index in [1.807, 2.05) is 30.3 Å². The molecule has 0 aliphatic carbocycles. The lowest BCUT2D eigenvalue weighted by molar-refractivity contribution is 0.0794. The molecule has 128 valence electrons. The van der Waals surface area contributed by atoms with E-state index in [2.05, 4.69) is 10.2 Å². The van der Waals surface area contributed by atoms with Gasteiger partial charge in [0.15, 0.2) is 9.84 Å². The highest BCUT2D eigenvalue weighted by Gasteiger charge is 2.33. The lowest BCUT2D eigenvalue weighted by Crippen LogP contribution is -2.36. The number of nitrogens with one attached hydrogen (secondary N) is 1. The summed E-state index contributed by atoms with van der Waals surface area (Å²) in [6.07, 6.45) is 3.40. The van der Waals surface area contributed by atoms with Crippen LogP contribution in [0.3, 0.4) is 0 Å². The van der Waals surface area contributed by atoms with Gasteiger partial charge in [0.25, 0.3) is 5.91 Å². The number of sulfone groups is 1. The summed E-state index contributed by atoms with van der Waals surface area (Å²) in [5.41, 5.74) is 2.32. The van der Waals surface area contributed by atoms with Crippen LogP contribution in [0.5, 0.6) is 0 Å². The van der Waals surface area contributed by atoms with E-state index < -0.39 is 15.1 Å². The second-order valence-corrected chi connectivity index (χ2v) is 8.64. The molecule has 0 bridgehead atoms. The Bertz CT molecular complexity index is 815. The van der Waals surface area contributed by atoms with Crippen molar-refractivity contribution in [3.63, 3.8) is 0 Å². The maximum absolute atomic E-state index is 12.7. The van der Waals surface area contributed by atoms with Crippen LogP contribution in [0.1, 0.15) is 34.5 Å². The first kappa shape index (κ1) is 16.7. The van der Waals surface area contributed by atoms with Gasteiger partial charge in [0.1, 0.15) is 0 Å². The maximum atomic E-state index is 12.7. The van der Waals surface area contributed by atoms with Crippen LogP contribution in [0.4, 0.5) is 0 Å². The van der Waals surface area contributed by atoms with E-state index in [1.54, 1.807) is 7.05 Å². The number of H-pyrrole nitrogens is 1. The Morgan fingerprint density at radius 3 is 2.75 bits per heavy atom. The first-order chi connectivity index (χ1) is 11.5. The zero-order chi connectivity index (χ0) is 17.2. The van der Waals surface area contributed by atoms with E-state index in [9.17, 15) is 13.2 Å². The molecule has 1 aromatic carbocycles. The SMILES string of the molecule is CN(CC1CCCS1(=O)=O)C(=O)c1cn[nH]c1Cc1ccccc1. The van der Waals surface area contributed by atoms with Gasteiger partial charge in [-0.25, -0.2) is 8.42 Å². The molecule has 2 aromatic rings. The zero-order valence-electron chi connectivity index (χ0n) is 13.6. The molecule has 1 aliphatic rings. The number of nitrogens with zero attached hydrogens (tertiary/aromatic N) is 2. The summed E-state index contributed by atoms with van der Waals surface area (Å²) in [5, 5.41) is 6.43. The number of amides is 1. The van der Waals surface area contributed by atoms with Gasteiger partial charge < -0.3 is 4.90 Å². The van der Waals surface area contributed by atoms with Gasteiger partial charge >= 0.3 is 0 Å². The third-order valence-corrected chi connectivity index (χ3v) is 6.72.